The molecular formula is C18H30N2. The number of nitrogens with zero attached hydrogens (tertiary/aromatic N) is 1. The van der Waals surface area contributed by atoms with Crippen LogP contribution in [0, 0.1) is 6.92 Å². The van der Waals surface area contributed by atoms with E-state index in [0.717, 1.165) is 18.6 Å². The first-order chi connectivity index (χ1) is 9.70. The molecule has 1 aliphatic carbocycles. The van der Waals surface area contributed by atoms with Crippen LogP contribution in [-0.4, -0.2) is 30.6 Å². The van der Waals surface area contributed by atoms with Crippen molar-refractivity contribution >= 4 is 0 Å². The molecule has 0 bridgehead atoms. The fourth-order valence-electron chi connectivity index (χ4n) is 3.25. The topological polar surface area (TPSA) is 15.3 Å². The molecule has 0 aromatic heterocycles. The zero-order chi connectivity index (χ0) is 14.4. The van der Waals surface area contributed by atoms with Crippen LogP contribution >= 0.6 is 0 Å². The van der Waals surface area contributed by atoms with Gasteiger partial charge in [0.1, 0.15) is 0 Å². The molecule has 20 heavy (non-hydrogen) atoms. The smallest absolute Gasteiger partial charge is 0.0236 e. The van der Waals surface area contributed by atoms with Crippen LogP contribution in [0.25, 0.3) is 0 Å². The molecule has 1 saturated carbocycles. The van der Waals surface area contributed by atoms with Gasteiger partial charge in [-0.3, -0.25) is 4.90 Å². The first kappa shape index (κ1) is 15.5. The minimum Gasteiger partial charge on any atom is -0.314 e. The molecule has 2 heteroatoms. The summed E-state index contributed by atoms with van der Waals surface area (Å²) in [5.41, 5.74) is 2.89. The third kappa shape index (κ3) is 4.32. The van der Waals surface area contributed by atoms with Crippen molar-refractivity contribution in [3.63, 3.8) is 0 Å². The highest BCUT2D eigenvalue weighted by Gasteiger charge is 2.23. The van der Waals surface area contributed by atoms with Crippen LogP contribution in [0.1, 0.15) is 50.2 Å². The van der Waals surface area contributed by atoms with Gasteiger partial charge in [0.15, 0.2) is 0 Å². The van der Waals surface area contributed by atoms with Gasteiger partial charge < -0.3 is 5.32 Å². The summed E-state index contributed by atoms with van der Waals surface area (Å²) in [7, 11) is 2.29. The molecule has 1 aromatic rings. The molecule has 0 atom stereocenters. The van der Waals surface area contributed by atoms with Gasteiger partial charge in [-0.15, -0.1) is 0 Å². The molecule has 0 radical (unpaired) electrons. The minimum atomic E-state index is 0.759. The molecule has 0 unspecified atom stereocenters. The Kier molecular flexibility index (Phi) is 6.06. The van der Waals surface area contributed by atoms with E-state index < -0.39 is 0 Å². The fourth-order valence-corrected chi connectivity index (χ4v) is 3.25. The van der Waals surface area contributed by atoms with Crippen molar-refractivity contribution in [2.75, 3.05) is 13.6 Å². The molecule has 2 nitrogen and oxygen atoms in total. The van der Waals surface area contributed by atoms with E-state index in [2.05, 4.69) is 55.4 Å². The van der Waals surface area contributed by atoms with Crippen molar-refractivity contribution in [2.24, 2.45) is 0 Å². The molecule has 0 aliphatic heterocycles. The zero-order valence-electron chi connectivity index (χ0n) is 13.4. The normalized spacial score (nSPS) is 23.2. The standard InChI is InChI=1S/C18H30N2/c1-4-13-19-17-9-11-18(12-10-17)20(3)14-16-8-6-5-7-15(16)2/h5-8,17-19H,4,9-14H2,1-3H3. The Balaban J connectivity index is 1.80. The quantitative estimate of drug-likeness (QED) is 0.850. The van der Waals surface area contributed by atoms with Gasteiger partial charge in [-0.25, -0.2) is 0 Å². The molecule has 112 valence electrons. The molecule has 0 saturated heterocycles. The van der Waals surface area contributed by atoms with Crippen molar-refractivity contribution in [1.29, 1.82) is 0 Å². The Morgan fingerprint density at radius 2 is 1.85 bits per heavy atom. The van der Waals surface area contributed by atoms with Crippen LogP contribution < -0.4 is 5.32 Å². The summed E-state index contributed by atoms with van der Waals surface area (Å²) in [6.07, 6.45) is 6.59. The Morgan fingerprint density at radius 3 is 2.50 bits per heavy atom. The molecule has 0 heterocycles. The van der Waals surface area contributed by atoms with E-state index in [9.17, 15) is 0 Å². The van der Waals surface area contributed by atoms with E-state index in [1.807, 2.05) is 0 Å². The van der Waals surface area contributed by atoms with Gasteiger partial charge in [0.2, 0.25) is 0 Å². The second-order valence-corrected chi connectivity index (χ2v) is 6.30. The Bertz CT molecular complexity index is 394. The lowest BCUT2D eigenvalue weighted by molar-refractivity contribution is 0.167. The number of rotatable bonds is 6. The largest absolute Gasteiger partial charge is 0.314 e. The van der Waals surface area contributed by atoms with Crippen LogP contribution in [0.3, 0.4) is 0 Å². The number of hydrogen-bond donors (Lipinski definition) is 1. The highest BCUT2D eigenvalue weighted by molar-refractivity contribution is 5.25. The first-order valence-electron chi connectivity index (χ1n) is 8.18. The summed E-state index contributed by atoms with van der Waals surface area (Å²) in [5.74, 6) is 0. The third-order valence-electron chi connectivity index (χ3n) is 4.68. The highest BCUT2D eigenvalue weighted by atomic mass is 15.1. The molecule has 1 aromatic carbocycles. The average Bonchev–Trinajstić information content (AvgIpc) is 2.48. The Labute approximate surface area is 124 Å². The van der Waals surface area contributed by atoms with Crippen molar-refractivity contribution in [3.05, 3.63) is 35.4 Å². The van der Waals surface area contributed by atoms with E-state index in [-0.39, 0.29) is 0 Å². The van der Waals surface area contributed by atoms with E-state index in [0.29, 0.717) is 0 Å². The molecule has 2 rings (SSSR count). The van der Waals surface area contributed by atoms with Crippen LogP contribution in [0.4, 0.5) is 0 Å². The number of benzene rings is 1. The molecular weight excluding hydrogens is 244 g/mol. The van der Waals surface area contributed by atoms with E-state index in [1.54, 1.807) is 0 Å². The lowest BCUT2D eigenvalue weighted by Crippen LogP contribution is -2.40. The summed E-state index contributed by atoms with van der Waals surface area (Å²) in [4.78, 5) is 2.55. The summed E-state index contributed by atoms with van der Waals surface area (Å²) < 4.78 is 0. The van der Waals surface area contributed by atoms with Crippen molar-refractivity contribution < 1.29 is 0 Å². The SMILES string of the molecule is CCCNC1CCC(N(C)Cc2ccccc2C)CC1. The molecule has 1 aliphatic rings. The number of aryl methyl sites for hydroxylation is 1. The van der Waals surface area contributed by atoms with Crippen LogP contribution in [0.2, 0.25) is 0 Å². The van der Waals surface area contributed by atoms with Gasteiger partial charge in [-0.05, 0) is 63.7 Å². The lowest BCUT2D eigenvalue weighted by atomic mass is 9.90. The second-order valence-electron chi connectivity index (χ2n) is 6.30. The monoisotopic (exact) mass is 274 g/mol. The van der Waals surface area contributed by atoms with Gasteiger partial charge in [-0.1, -0.05) is 31.2 Å². The number of hydrogen-bond acceptors (Lipinski definition) is 2. The minimum absolute atomic E-state index is 0.759. The van der Waals surface area contributed by atoms with Gasteiger partial charge in [0.25, 0.3) is 0 Å². The average molecular weight is 274 g/mol. The summed E-state index contributed by atoms with van der Waals surface area (Å²) in [5, 5.41) is 3.67. The molecule has 0 spiro atoms. The van der Waals surface area contributed by atoms with Gasteiger partial charge >= 0.3 is 0 Å². The predicted molar refractivity (Wildman–Crippen MR) is 87.0 cm³/mol. The lowest BCUT2D eigenvalue weighted by Gasteiger charge is -2.35. The molecule has 1 fully saturated rings. The van der Waals surface area contributed by atoms with Crippen molar-refractivity contribution in [1.82, 2.24) is 10.2 Å². The highest BCUT2D eigenvalue weighted by Crippen LogP contribution is 2.24. The maximum atomic E-state index is 3.67. The van der Waals surface area contributed by atoms with Crippen molar-refractivity contribution in [2.45, 2.75) is 64.6 Å². The van der Waals surface area contributed by atoms with Crippen molar-refractivity contribution in [3.8, 4) is 0 Å². The zero-order valence-corrected chi connectivity index (χ0v) is 13.4. The molecule has 1 N–H and O–H groups in total. The maximum absolute atomic E-state index is 3.67. The maximum Gasteiger partial charge on any atom is 0.0236 e. The Morgan fingerprint density at radius 1 is 1.15 bits per heavy atom. The number of nitrogens with one attached hydrogen (secondary N) is 1. The fraction of sp³-hybridized carbons (Fsp3) is 0.667. The second kappa shape index (κ2) is 7.80. The van der Waals surface area contributed by atoms with Crippen LogP contribution in [0.15, 0.2) is 24.3 Å². The summed E-state index contributed by atoms with van der Waals surface area (Å²) in [6, 6.07) is 10.3. The molecule has 0 amide bonds. The Hall–Kier alpha value is -0.860. The van der Waals surface area contributed by atoms with Crippen LogP contribution in [-0.2, 0) is 6.54 Å². The van der Waals surface area contributed by atoms with E-state index in [4.69, 9.17) is 0 Å². The summed E-state index contributed by atoms with van der Waals surface area (Å²) in [6.45, 7) is 6.72. The van der Waals surface area contributed by atoms with Crippen LogP contribution in [0.5, 0.6) is 0 Å². The van der Waals surface area contributed by atoms with Gasteiger partial charge in [-0.2, -0.15) is 0 Å². The first-order valence-corrected chi connectivity index (χ1v) is 8.18. The van der Waals surface area contributed by atoms with E-state index >= 15 is 0 Å². The third-order valence-corrected chi connectivity index (χ3v) is 4.68. The summed E-state index contributed by atoms with van der Waals surface area (Å²) >= 11 is 0. The van der Waals surface area contributed by atoms with Gasteiger partial charge in [0, 0.05) is 18.6 Å². The van der Waals surface area contributed by atoms with E-state index in [1.165, 1.54) is 49.8 Å². The van der Waals surface area contributed by atoms with Gasteiger partial charge in [0.05, 0.1) is 0 Å². The predicted octanol–water partition coefficient (Wildman–Crippen LogP) is 3.74.